The summed E-state index contributed by atoms with van der Waals surface area (Å²) in [5, 5.41) is 0. The first kappa shape index (κ1) is 18.9. The summed E-state index contributed by atoms with van der Waals surface area (Å²) >= 11 is 17.0. The normalized spacial score (nSPS) is 13.0. The third-order valence-electron chi connectivity index (χ3n) is 2.65. The van der Waals surface area contributed by atoms with Crippen LogP contribution in [0, 0.1) is 0 Å². The average Bonchev–Trinajstić information content (AvgIpc) is 2.29. The second-order valence-electron chi connectivity index (χ2n) is 4.24. The van der Waals surface area contributed by atoms with Crippen LogP contribution >= 0.6 is 34.8 Å². The van der Waals surface area contributed by atoms with E-state index in [1.165, 1.54) is 0 Å². The molecular weight excluding hydrogens is 319 g/mol. The van der Waals surface area contributed by atoms with Crippen LogP contribution in [0.25, 0.3) is 0 Å². The van der Waals surface area contributed by atoms with Crippen molar-refractivity contribution in [2.45, 2.75) is 44.1 Å². The van der Waals surface area contributed by atoms with Crippen LogP contribution in [0.15, 0.2) is 0 Å². The third kappa shape index (κ3) is 8.93. The predicted molar refractivity (Wildman–Crippen MR) is 76.1 cm³/mol. The van der Waals surface area contributed by atoms with E-state index in [2.05, 4.69) is 0 Å². The minimum atomic E-state index is -4.57. The molecule has 0 unspecified atom stereocenters. The van der Waals surface area contributed by atoms with Gasteiger partial charge in [-0.3, -0.25) is 0 Å². The fourth-order valence-electron chi connectivity index (χ4n) is 1.99. The van der Waals surface area contributed by atoms with Crippen molar-refractivity contribution in [3.8, 4) is 0 Å². The lowest BCUT2D eigenvalue weighted by atomic mass is 9.88. The summed E-state index contributed by atoms with van der Waals surface area (Å²) in [5.41, 5.74) is -0.802. The molecule has 0 radical (unpaired) electrons. The van der Waals surface area contributed by atoms with Crippen molar-refractivity contribution in [1.82, 2.24) is 0 Å². The zero-order valence-corrected chi connectivity index (χ0v) is 13.5. The highest BCUT2D eigenvalue weighted by molar-refractivity contribution is 6.48. The fourth-order valence-corrected chi connectivity index (χ4v) is 3.27. The minimum Gasteiger partial charge on any atom is -0.368 e. The van der Waals surface area contributed by atoms with E-state index in [1.54, 1.807) is 0 Å². The van der Waals surface area contributed by atoms with Gasteiger partial charge in [-0.2, -0.15) is 0 Å². The highest BCUT2D eigenvalue weighted by Gasteiger charge is 2.42. The van der Waals surface area contributed by atoms with Gasteiger partial charge in [-0.15, -0.1) is 34.8 Å². The molecule has 4 nitrogen and oxygen atoms in total. The quantitative estimate of drug-likeness (QED) is 0.399. The summed E-state index contributed by atoms with van der Waals surface area (Å²) < 4.78 is 5.16. The van der Waals surface area contributed by atoms with Gasteiger partial charge in [0.1, 0.15) is 0 Å². The zero-order chi connectivity index (χ0) is 14.1. The lowest BCUT2D eigenvalue weighted by molar-refractivity contribution is -0.0578. The molecule has 18 heavy (non-hydrogen) atoms. The van der Waals surface area contributed by atoms with E-state index < -0.39 is 14.6 Å². The highest BCUT2D eigenvalue weighted by Crippen LogP contribution is 2.32. The molecule has 0 aromatic heterocycles. The van der Waals surface area contributed by atoms with Crippen molar-refractivity contribution >= 4 is 43.9 Å². The number of rotatable bonds is 11. The Morgan fingerprint density at radius 1 is 0.778 bits per heavy atom. The summed E-state index contributed by atoms with van der Waals surface area (Å²) in [6, 6.07) is 0. The van der Waals surface area contributed by atoms with E-state index in [0.717, 1.165) is 0 Å². The summed E-state index contributed by atoms with van der Waals surface area (Å²) in [4.78, 5) is 27.5. The first-order chi connectivity index (χ1) is 8.39. The SMILES string of the molecule is O[Si](O)(O)OC(CCCCl)(CCCCl)CCCCl. The van der Waals surface area contributed by atoms with Gasteiger partial charge in [0.2, 0.25) is 0 Å². The van der Waals surface area contributed by atoms with Crippen LogP contribution < -0.4 is 0 Å². The van der Waals surface area contributed by atoms with Gasteiger partial charge in [0, 0.05) is 17.6 Å². The van der Waals surface area contributed by atoms with E-state index in [1.807, 2.05) is 0 Å². The Morgan fingerprint density at radius 2 is 1.11 bits per heavy atom. The largest absolute Gasteiger partial charge is 0.671 e. The van der Waals surface area contributed by atoms with Gasteiger partial charge < -0.3 is 18.8 Å². The number of alkyl halides is 3. The first-order valence-electron chi connectivity index (χ1n) is 5.94. The topological polar surface area (TPSA) is 69.9 Å². The second-order valence-corrected chi connectivity index (χ2v) is 6.72. The molecule has 0 aromatic rings. The molecule has 0 saturated heterocycles. The maximum atomic E-state index is 9.18. The van der Waals surface area contributed by atoms with Gasteiger partial charge in [0.25, 0.3) is 0 Å². The Kier molecular flexibility index (Phi) is 10.3. The summed E-state index contributed by atoms with van der Waals surface area (Å²) in [7, 11) is -4.57. The summed E-state index contributed by atoms with van der Waals surface area (Å²) in [6.45, 7) is 0. The molecule has 0 aliphatic carbocycles. The molecule has 0 spiro atoms. The molecule has 0 aromatic carbocycles. The standard InChI is InChI=1S/C10H21Cl3O4Si/c11-7-1-4-10(5-2-8-12,6-3-9-13)17-18(14,15)16/h14-16H,1-9H2. The van der Waals surface area contributed by atoms with Crippen molar-refractivity contribution in [2.24, 2.45) is 0 Å². The number of hydrogen-bond acceptors (Lipinski definition) is 4. The maximum absolute atomic E-state index is 9.18. The maximum Gasteiger partial charge on any atom is 0.671 e. The molecule has 110 valence electrons. The molecule has 0 atom stereocenters. The van der Waals surface area contributed by atoms with E-state index >= 15 is 0 Å². The smallest absolute Gasteiger partial charge is 0.368 e. The van der Waals surface area contributed by atoms with Gasteiger partial charge in [-0.1, -0.05) is 0 Å². The van der Waals surface area contributed by atoms with Crippen LogP contribution in [0.3, 0.4) is 0 Å². The predicted octanol–water partition coefficient (Wildman–Crippen LogP) is 2.21. The van der Waals surface area contributed by atoms with E-state index in [9.17, 15) is 14.4 Å². The van der Waals surface area contributed by atoms with Gasteiger partial charge in [0.05, 0.1) is 5.60 Å². The van der Waals surface area contributed by atoms with Crippen molar-refractivity contribution in [1.29, 1.82) is 0 Å². The fraction of sp³-hybridized carbons (Fsp3) is 1.00. The minimum absolute atomic E-state index is 0.448. The Balaban J connectivity index is 4.73. The van der Waals surface area contributed by atoms with Crippen LogP contribution in [0.2, 0.25) is 0 Å². The van der Waals surface area contributed by atoms with E-state index in [0.29, 0.717) is 56.2 Å². The second kappa shape index (κ2) is 9.77. The Morgan fingerprint density at radius 3 is 1.33 bits per heavy atom. The van der Waals surface area contributed by atoms with Crippen molar-refractivity contribution in [3.05, 3.63) is 0 Å². The van der Waals surface area contributed by atoms with Crippen molar-refractivity contribution in [3.63, 3.8) is 0 Å². The van der Waals surface area contributed by atoms with E-state index in [4.69, 9.17) is 39.2 Å². The highest BCUT2D eigenvalue weighted by atomic mass is 35.5. The molecule has 0 saturated carbocycles. The molecule has 0 aliphatic rings. The van der Waals surface area contributed by atoms with Gasteiger partial charge in [-0.25, -0.2) is 0 Å². The van der Waals surface area contributed by atoms with Crippen molar-refractivity contribution in [2.75, 3.05) is 17.6 Å². The molecule has 8 heteroatoms. The van der Waals surface area contributed by atoms with Crippen LogP contribution in [0.5, 0.6) is 0 Å². The Bertz CT molecular complexity index is 192. The molecule has 0 bridgehead atoms. The number of halogens is 3. The van der Waals surface area contributed by atoms with Crippen LogP contribution in [0.1, 0.15) is 38.5 Å². The monoisotopic (exact) mass is 338 g/mol. The van der Waals surface area contributed by atoms with Gasteiger partial charge in [0.15, 0.2) is 0 Å². The molecule has 0 fully saturated rings. The summed E-state index contributed by atoms with van der Waals surface area (Å²) in [5.74, 6) is 1.34. The molecule has 0 aliphatic heterocycles. The van der Waals surface area contributed by atoms with Crippen LogP contribution in [-0.4, -0.2) is 46.7 Å². The van der Waals surface area contributed by atoms with Crippen LogP contribution in [0.4, 0.5) is 0 Å². The molecule has 0 heterocycles. The first-order valence-corrected chi connectivity index (χ1v) is 9.29. The molecular formula is C10H21Cl3O4Si. The Labute approximate surface area is 124 Å². The van der Waals surface area contributed by atoms with Crippen LogP contribution in [-0.2, 0) is 4.43 Å². The van der Waals surface area contributed by atoms with Gasteiger partial charge in [-0.05, 0) is 38.5 Å². The average molecular weight is 340 g/mol. The zero-order valence-electron chi connectivity index (χ0n) is 10.2. The number of hydrogen-bond donors (Lipinski definition) is 3. The lowest BCUT2D eigenvalue weighted by Crippen LogP contribution is -2.49. The van der Waals surface area contributed by atoms with E-state index in [-0.39, 0.29) is 0 Å². The molecule has 0 amide bonds. The molecule has 0 rings (SSSR count). The third-order valence-corrected chi connectivity index (χ3v) is 4.16. The molecule has 3 N–H and O–H groups in total. The van der Waals surface area contributed by atoms with Gasteiger partial charge >= 0.3 is 9.05 Å². The van der Waals surface area contributed by atoms with Crippen molar-refractivity contribution < 1.29 is 18.8 Å². The Hall–Kier alpha value is 0.927. The lowest BCUT2D eigenvalue weighted by Gasteiger charge is -2.36. The summed E-state index contributed by atoms with van der Waals surface area (Å²) in [6.07, 6.45) is 3.62.